The number of non-ortho nitro benzene ring substituents is 1. The Morgan fingerprint density at radius 1 is 1.17 bits per heavy atom. The number of nitrogens with zero attached hydrogens (tertiary/aromatic N) is 3. The molecule has 2 aromatic carbocycles. The van der Waals surface area contributed by atoms with Gasteiger partial charge in [0.05, 0.1) is 17.6 Å². The third-order valence-electron chi connectivity index (χ3n) is 3.06. The standard InChI is InChI=1S/C14H9N3O5S/c1-21-14(18)8-2-4-9(5-3-8)23-11-7-6-10(17(19)20)12-13(11)16-22-15-12/h2-7H,1H3. The van der Waals surface area contributed by atoms with Crippen LogP contribution in [0.3, 0.4) is 0 Å². The highest BCUT2D eigenvalue weighted by Crippen LogP contribution is 2.35. The smallest absolute Gasteiger partial charge is 0.337 e. The van der Waals surface area contributed by atoms with Gasteiger partial charge < -0.3 is 4.74 Å². The summed E-state index contributed by atoms with van der Waals surface area (Å²) in [6.45, 7) is 0. The summed E-state index contributed by atoms with van der Waals surface area (Å²) >= 11 is 1.33. The van der Waals surface area contributed by atoms with E-state index < -0.39 is 10.9 Å². The molecule has 1 aromatic heterocycles. The summed E-state index contributed by atoms with van der Waals surface area (Å²) < 4.78 is 9.26. The fourth-order valence-corrected chi connectivity index (χ4v) is 2.86. The Kier molecular flexibility index (Phi) is 3.94. The van der Waals surface area contributed by atoms with Gasteiger partial charge in [0.2, 0.25) is 5.52 Å². The van der Waals surface area contributed by atoms with Crippen LogP contribution in [-0.4, -0.2) is 28.3 Å². The predicted molar refractivity (Wildman–Crippen MR) is 80.4 cm³/mol. The van der Waals surface area contributed by atoms with Gasteiger partial charge in [0.1, 0.15) is 0 Å². The largest absolute Gasteiger partial charge is 0.465 e. The molecular formula is C14H9N3O5S. The van der Waals surface area contributed by atoms with E-state index in [2.05, 4.69) is 19.7 Å². The van der Waals surface area contributed by atoms with E-state index in [4.69, 9.17) is 0 Å². The van der Waals surface area contributed by atoms with Gasteiger partial charge in [0.25, 0.3) is 0 Å². The highest BCUT2D eigenvalue weighted by atomic mass is 32.2. The van der Waals surface area contributed by atoms with Crippen molar-refractivity contribution in [3.63, 3.8) is 0 Å². The summed E-state index contributed by atoms with van der Waals surface area (Å²) in [6, 6.07) is 9.71. The summed E-state index contributed by atoms with van der Waals surface area (Å²) in [5.41, 5.74) is 0.702. The van der Waals surface area contributed by atoms with Crippen molar-refractivity contribution in [1.82, 2.24) is 10.3 Å². The van der Waals surface area contributed by atoms with E-state index in [-0.39, 0.29) is 11.2 Å². The van der Waals surface area contributed by atoms with Gasteiger partial charge in [-0.05, 0) is 40.6 Å². The predicted octanol–water partition coefficient (Wildman–Crippen LogP) is 3.07. The Morgan fingerprint density at radius 3 is 2.52 bits per heavy atom. The summed E-state index contributed by atoms with van der Waals surface area (Å²) in [5, 5.41) is 18.3. The van der Waals surface area contributed by atoms with Crippen molar-refractivity contribution >= 4 is 34.5 Å². The number of nitro groups is 1. The number of ether oxygens (including phenoxy) is 1. The fraction of sp³-hybridized carbons (Fsp3) is 0.0714. The zero-order valence-corrected chi connectivity index (χ0v) is 12.6. The monoisotopic (exact) mass is 331 g/mol. The van der Waals surface area contributed by atoms with Crippen LogP contribution in [0.15, 0.2) is 50.8 Å². The number of hydrogen-bond donors (Lipinski definition) is 0. The highest BCUT2D eigenvalue weighted by Gasteiger charge is 2.20. The molecule has 0 saturated heterocycles. The number of aromatic nitrogens is 2. The van der Waals surface area contributed by atoms with Crippen molar-refractivity contribution in [3.05, 3.63) is 52.1 Å². The number of benzene rings is 2. The molecule has 0 aliphatic heterocycles. The Labute approximate surface area is 133 Å². The van der Waals surface area contributed by atoms with Crippen molar-refractivity contribution in [2.75, 3.05) is 7.11 Å². The number of carbonyl (C=O) groups is 1. The van der Waals surface area contributed by atoms with Crippen LogP contribution in [0, 0.1) is 10.1 Å². The maximum atomic E-state index is 11.4. The normalized spacial score (nSPS) is 10.7. The van der Waals surface area contributed by atoms with Crippen LogP contribution >= 0.6 is 11.8 Å². The van der Waals surface area contributed by atoms with Crippen molar-refractivity contribution < 1.29 is 19.1 Å². The number of methoxy groups -OCH3 is 1. The lowest BCUT2D eigenvalue weighted by Crippen LogP contribution is -2.00. The number of hydrogen-bond acceptors (Lipinski definition) is 8. The molecule has 0 amide bonds. The molecule has 0 atom stereocenters. The second kappa shape index (κ2) is 6.05. The molecule has 3 aromatic rings. The topological polar surface area (TPSA) is 108 Å². The Balaban J connectivity index is 1.93. The molecule has 0 saturated carbocycles. The van der Waals surface area contributed by atoms with E-state index in [1.54, 1.807) is 30.3 Å². The Hall–Kier alpha value is -2.94. The zero-order chi connectivity index (χ0) is 16.4. The second-order valence-corrected chi connectivity index (χ2v) is 5.53. The molecule has 0 spiro atoms. The average Bonchev–Trinajstić information content (AvgIpc) is 3.04. The van der Waals surface area contributed by atoms with Gasteiger partial charge in [-0.2, -0.15) is 0 Å². The molecule has 0 fully saturated rings. The SMILES string of the molecule is COC(=O)c1ccc(Sc2ccc([N+](=O)[O-])c3nonc23)cc1. The molecule has 0 unspecified atom stereocenters. The molecule has 9 heteroatoms. The molecule has 0 bridgehead atoms. The number of nitro benzene ring substituents is 1. The summed E-state index contributed by atoms with van der Waals surface area (Å²) in [6.07, 6.45) is 0. The quantitative estimate of drug-likeness (QED) is 0.407. The molecule has 116 valence electrons. The molecular weight excluding hydrogens is 322 g/mol. The third-order valence-corrected chi connectivity index (χ3v) is 4.11. The second-order valence-electron chi connectivity index (χ2n) is 4.42. The summed E-state index contributed by atoms with van der Waals surface area (Å²) in [4.78, 5) is 23.3. The lowest BCUT2D eigenvalue weighted by atomic mass is 10.2. The molecule has 3 rings (SSSR count). The average molecular weight is 331 g/mol. The van der Waals surface area contributed by atoms with Crippen LogP contribution < -0.4 is 0 Å². The van der Waals surface area contributed by atoms with Crippen LogP contribution in [0.1, 0.15) is 10.4 Å². The molecule has 0 radical (unpaired) electrons. The minimum atomic E-state index is -0.536. The van der Waals surface area contributed by atoms with E-state index >= 15 is 0 Å². The number of esters is 1. The first-order valence-electron chi connectivity index (χ1n) is 6.36. The molecule has 1 heterocycles. The van der Waals surface area contributed by atoms with Gasteiger partial charge in [0.15, 0.2) is 5.52 Å². The van der Waals surface area contributed by atoms with E-state index in [0.29, 0.717) is 16.0 Å². The maximum absolute atomic E-state index is 11.4. The van der Waals surface area contributed by atoms with Crippen LogP contribution in [0.2, 0.25) is 0 Å². The van der Waals surface area contributed by atoms with Crippen molar-refractivity contribution in [3.8, 4) is 0 Å². The van der Waals surface area contributed by atoms with E-state index in [1.165, 1.54) is 24.9 Å². The first kappa shape index (κ1) is 15.0. The van der Waals surface area contributed by atoms with Crippen molar-refractivity contribution in [2.45, 2.75) is 9.79 Å². The first-order valence-corrected chi connectivity index (χ1v) is 7.17. The van der Waals surface area contributed by atoms with Crippen molar-refractivity contribution in [1.29, 1.82) is 0 Å². The highest BCUT2D eigenvalue weighted by molar-refractivity contribution is 7.99. The minimum Gasteiger partial charge on any atom is -0.465 e. The number of fused-ring (bicyclic) bond motifs is 1. The molecule has 0 aliphatic carbocycles. The van der Waals surface area contributed by atoms with Crippen LogP contribution in [0.5, 0.6) is 0 Å². The Bertz CT molecular complexity index is 891. The minimum absolute atomic E-state index is 0.103. The number of carbonyl (C=O) groups excluding carboxylic acids is 1. The van der Waals surface area contributed by atoms with E-state index in [1.807, 2.05) is 0 Å². The molecule has 23 heavy (non-hydrogen) atoms. The van der Waals surface area contributed by atoms with Crippen LogP contribution in [0.4, 0.5) is 5.69 Å². The number of rotatable bonds is 4. The maximum Gasteiger partial charge on any atom is 0.337 e. The molecule has 0 aliphatic rings. The van der Waals surface area contributed by atoms with Gasteiger partial charge in [0, 0.05) is 15.9 Å². The van der Waals surface area contributed by atoms with Crippen LogP contribution in [-0.2, 0) is 4.74 Å². The van der Waals surface area contributed by atoms with Gasteiger partial charge >= 0.3 is 11.7 Å². The molecule has 0 N–H and O–H groups in total. The van der Waals surface area contributed by atoms with Gasteiger partial charge in [-0.15, -0.1) is 0 Å². The van der Waals surface area contributed by atoms with Gasteiger partial charge in [-0.3, -0.25) is 10.1 Å². The fourth-order valence-electron chi connectivity index (χ4n) is 1.96. The Morgan fingerprint density at radius 2 is 1.87 bits per heavy atom. The lowest BCUT2D eigenvalue weighted by Gasteiger charge is -2.03. The van der Waals surface area contributed by atoms with E-state index in [9.17, 15) is 14.9 Å². The molecule has 8 nitrogen and oxygen atoms in total. The van der Waals surface area contributed by atoms with Gasteiger partial charge in [-0.1, -0.05) is 11.8 Å². The summed E-state index contributed by atoms with van der Waals surface area (Å²) in [7, 11) is 1.32. The first-order chi connectivity index (χ1) is 11.1. The lowest BCUT2D eigenvalue weighted by molar-refractivity contribution is -0.383. The zero-order valence-electron chi connectivity index (χ0n) is 11.8. The summed E-state index contributed by atoms with van der Waals surface area (Å²) in [5.74, 6) is -0.417. The van der Waals surface area contributed by atoms with Gasteiger partial charge in [-0.25, -0.2) is 9.42 Å². The van der Waals surface area contributed by atoms with Crippen molar-refractivity contribution in [2.24, 2.45) is 0 Å². The third kappa shape index (κ3) is 2.86. The van der Waals surface area contributed by atoms with Crippen LogP contribution in [0.25, 0.3) is 11.0 Å². The van der Waals surface area contributed by atoms with E-state index in [0.717, 1.165) is 4.90 Å².